The molecule has 8 heteroatoms. The van der Waals surface area contributed by atoms with Crippen molar-refractivity contribution in [2.75, 3.05) is 5.75 Å². The molecule has 0 saturated heterocycles. The molecule has 0 saturated carbocycles. The van der Waals surface area contributed by atoms with Crippen LogP contribution in [0.2, 0.25) is 0 Å². The summed E-state index contributed by atoms with van der Waals surface area (Å²) < 4.78 is 30.9. The highest BCUT2D eigenvalue weighted by atomic mass is 32.2. The van der Waals surface area contributed by atoms with E-state index in [0.29, 0.717) is 11.4 Å². The second-order valence-electron chi connectivity index (χ2n) is 3.95. The molecule has 0 amide bonds. The van der Waals surface area contributed by atoms with Gasteiger partial charge in [-0.15, -0.1) is 11.8 Å². The first kappa shape index (κ1) is 14.4. The third-order valence-electron chi connectivity index (χ3n) is 2.25. The Hall–Kier alpha value is -1.96. The van der Waals surface area contributed by atoms with Gasteiger partial charge in [0, 0.05) is 12.5 Å². The minimum Gasteiger partial charge on any atom is -0.481 e. The van der Waals surface area contributed by atoms with Crippen LogP contribution in [0.1, 0.15) is 17.3 Å². The van der Waals surface area contributed by atoms with Gasteiger partial charge >= 0.3 is 5.97 Å². The van der Waals surface area contributed by atoms with E-state index in [1.165, 1.54) is 12.1 Å². The van der Waals surface area contributed by atoms with Gasteiger partial charge in [-0.05, 0) is 17.7 Å². The molecule has 20 heavy (non-hydrogen) atoms. The maximum absolute atomic E-state index is 13.0. The highest BCUT2D eigenvalue weighted by Gasteiger charge is 2.09. The summed E-state index contributed by atoms with van der Waals surface area (Å²) in [5.74, 6) is -1.47. The molecular weight excluding hydrogens is 290 g/mol. The first-order valence-electron chi connectivity index (χ1n) is 5.59. The monoisotopic (exact) mass is 300 g/mol. The van der Waals surface area contributed by atoms with E-state index in [1.54, 1.807) is 0 Å². The van der Waals surface area contributed by atoms with Crippen LogP contribution in [0.3, 0.4) is 0 Å². The summed E-state index contributed by atoms with van der Waals surface area (Å²) in [4.78, 5) is 14.4. The number of hydrogen-bond acceptors (Lipinski definition) is 5. The predicted molar refractivity (Wildman–Crippen MR) is 67.3 cm³/mol. The molecule has 1 N–H and O–H groups in total. The van der Waals surface area contributed by atoms with Gasteiger partial charge in [-0.25, -0.2) is 8.78 Å². The Kier molecular flexibility index (Phi) is 4.67. The molecule has 0 bridgehead atoms. The topological polar surface area (TPSA) is 76.2 Å². The molecule has 5 nitrogen and oxygen atoms in total. The van der Waals surface area contributed by atoms with Crippen LogP contribution in [0.15, 0.2) is 22.7 Å². The van der Waals surface area contributed by atoms with Crippen LogP contribution in [0.5, 0.6) is 0 Å². The maximum Gasteiger partial charge on any atom is 0.313 e. The van der Waals surface area contributed by atoms with Crippen molar-refractivity contribution in [3.8, 4) is 0 Å². The Balaban J connectivity index is 1.96. The summed E-state index contributed by atoms with van der Waals surface area (Å²) in [5.41, 5.74) is 0.396. The van der Waals surface area contributed by atoms with Gasteiger partial charge in [0.25, 0.3) is 0 Å². The fourth-order valence-corrected chi connectivity index (χ4v) is 2.11. The first-order valence-corrected chi connectivity index (χ1v) is 6.74. The van der Waals surface area contributed by atoms with Crippen LogP contribution in [-0.4, -0.2) is 27.0 Å². The molecule has 0 aliphatic rings. The van der Waals surface area contributed by atoms with Crippen LogP contribution in [0, 0.1) is 11.6 Å². The number of nitrogens with zero attached hydrogens (tertiary/aromatic N) is 2. The van der Waals surface area contributed by atoms with Gasteiger partial charge in [0.15, 0.2) is 5.82 Å². The standard InChI is InChI=1S/C12H10F2N2O3S/c13-8-1-7(2-9(14)4-8)3-10-15-11(19-16-10)5-20-6-12(17)18/h1-2,4H,3,5-6H2,(H,17,18). The lowest BCUT2D eigenvalue weighted by Gasteiger charge is -1.97. The molecule has 106 valence electrons. The fourth-order valence-electron chi connectivity index (χ4n) is 1.54. The van der Waals surface area contributed by atoms with E-state index in [9.17, 15) is 13.6 Å². The molecule has 0 fully saturated rings. The average Bonchev–Trinajstić information content (AvgIpc) is 2.74. The van der Waals surface area contributed by atoms with E-state index in [-0.39, 0.29) is 23.8 Å². The lowest BCUT2D eigenvalue weighted by molar-refractivity contribution is -0.133. The normalized spacial score (nSPS) is 10.7. The molecule has 0 radical (unpaired) electrons. The van der Waals surface area contributed by atoms with Crippen LogP contribution in [0.25, 0.3) is 0 Å². The quantitative estimate of drug-likeness (QED) is 0.882. The maximum atomic E-state index is 13.0. The molecule has 0 spiro atoms. The van der Waals surface area contributed by atoms with Gasteiger partial charge in [0.05, 0.1) is 11.5 Å². The van der Waals surface area contributed by atoms with Crippen LogP contribution in [0.4, 0.5) is 8.78 Å². The van der Waals surface area contributed by atoms with E-state index in [4.69, 9.17) is 9.63 Å². The summed E-state index contributed by atoms with van der Waals surface area (Å²) in [5, 5.41) is 12.2. The number of rotatable bonds is 6. The van der Waals surface area contributed by atoms with Crippen LogP contribution < -0.4 is 0 Å². The summed E-state index contributed by atoms with van der Waals surface area (Å²) in [6.07, 6.45) is 0.141. The SMILES string of the molecule is O=C(O)CSCc1nc(Cc2cc(F)cc(F)c2)no1. The molecular formula is C12H10F2N2O3S. The second kappa shape index (κ2) is 6.47. The zero-order chi connectivity index (χ0) is 14.5. The fraction of sp³-hybridized carbons (Fsp3) is 0.250. The first-order chi connectivity index (χ1) is 9.52. The lowest BCUT2D eigenvalue weighted by atomic mass is 10.1. The second-order valence-corrected chi connectivity index (χ2v) is 4.93. The van der Waals surface area contributed by atoms with E-state index >= 15 is 0 Å². The number of benzene rings is 1. The van der Waals surface area contributed by atoms with Crippen molar-refractivity contribution in [3.63, 3.8) is 0 Å². The zero-order valence-electron chi connectivity index (χ0n) is 10.2. The number of carbonyl (C=O) groups is 1. The molecule has 2 rings (SSSR count). The van der Waals surface area contributed by atoms with E-state index in [1.807, 2.05) is 0 Å². The molecule has 1 heterocycles. The van der Waals surface area contributed by atoms with E-state index < -0.39 is 17.6 Å². The minimum absolute atomic E-state index is 0.0627. The molecule has 0 aliphatic carbocycles. The number of aliphatic carboxylic acids is 1. The lowest BCUT2D eigenvalue weighted by Crippen LogP contribution is -1.98. The van der Waals surface area contributed by atoms with E-state index in [2.05, 4.69) is 10.1 Å². The molecule has 2 aromatic rings. The van der Waals surface area contributed by atoms with Crippen molar-refractivity contribution < 1.29 is 23.2 Å². The van der Waals surface area contributed by atoms with Crippen LogP contribution >= 0.6 is 11.8 Å². The molecule has 1 aromatic carbocycles. The Morgan fingerprint density at radius 2 is 2.00 bits per heavy atom. The third kappa shape index (κ3) is 4.30. The Bertz CT molecular complexity index is 598. The number of carboxylic acid groups (broad SMARTS) is 1. The van der Waals surface area contributed by atoms with Crippen molar-refractivity contribution >= 4 is 17.7 Å². The van der Waals surface area contributed by atoms with Gasteiger partial charge < -0.3 is 9.63 Å². The molecule has 0 aliphatic heterocycles. The van der Waals surface area contributed by atoms with Crippen molar-refractivity contribution in [3.05, 3.63) is 47.1 Å². The van der Waals surface area contributed by atoms with Gasteiger partial charge in [0.1, 0.15) is 11.6 Å². The predicted octanol–water partition coefficient (Wildman–Crippen LogP) is 2.26. The number of carboxylic acids is 1. The van der Waals surface area contributed by atoms with Gasteiger partial charge in [-0.1, -0.05) is 5.16 Å². The Morgan fingerprint density at radius 1 is 1.30 bits per heavy atom. The van der Waals surface area contributed by atoms with Gasteiger partial charge in [-0.3, -0.25) is 4.79 Å². The molecule has 0 unspecified atom stereocenters. The van der Waals surface area contributed by atoms with Gasteiger partial charge in [0.2, 0.25) is 5.89 Å². The number of halogens is 2. The highest BCUT2D eigenvalue weighted by molar-refractivity contribution is 7.99. The summed E-state index contributed by atoms with van der Waals surface area (Å²) in [7, 11) is 0. The van der Waals surface area contributed by atoms with Crippen molar-refractivity contribution in [1.29, 1.82) is 0 Å². The number of thioether (sulfide) groups is 1. The Labute approximate surface area is 117 Å². The molecule has 1 aromatic heterocycles. The molecule has 0 atom stereocenters. The Morgan fingerprint density at radius 3 is 2.65 bits per heavy atom. The number of aromatic nitrogens is 2. The number of hydrogen-bond donors (Lipinski definition) is 1. The minimum atomic E-state index is -0.926. The largest absolute Gasteiger partial charge is 0.481 e. The third-order valence-corrected chi connectivity index (χ3v) is 3.15. The van der Waals surface area contributed by atoms with Crippen molar-refractivity contribution in [2.24, 2.45) is 0 Å². The van der Waals surface area contributed by atoms with Crippen LogP contribution in [-0.2, 0) is 17.0 Å². The summed E-state index contributed by atoms with van der Waals surface area (Å²) in [6.45, 7) is 0. The summed E-state index contributed by atoms with van der Waals surface area (Å²) >= 11 is 1.12. The summed E-state index contributed by atoms with van der Waals surface area (Å²) in [6, 6.07) is 3.17. The zero-order valence-corrected chi connectivity index (χ0v) is 11.0. The average molecular weight is 300 g/mol. The highest BCUT2D eigenvalue weighted by Crippen LogP contribution is 2.14. The van der Waals surface area contributed by atoms with Gasteiger partial charge in [-0.2, -0.15) is 4.98 Å². The van der Waals surface area contributed by atoms with Crippen molar-refractivity contribution in [1.82, 2.24) is 10.1 Å². The van der Waals surface area contributed by atoms with E-state index in [0.717, 1.165) is 17.8 Å². The smallest absolute Gasteiger partial charge is 0.313 e. The van der Waals surface area contributed by atoms with Crippen molar-refractivity contribution in [2.45, 2.75) is 12.2 Å².